The Kier molecular flexibility index (Phi) is 5.63. The third kappa shape index (κ3) is 4.19. The van der Waals surface area contributed by atoms with Crippen LogP contribution in [0.2, 0.25) is 0 Å². The smallest absolute Gasteiger partial charge is 0.213 e. The van der Waals surface area contributed by atoms with Crippen LogP contribution in [0.4, 0.5) is 0 Å². The second-order valence-electron chi connectivity index (χ2n) is 7.45. The van der Waals surface area contributed by atoms with Gasteiger partial charge in [0.25, 0.3) is 0 Å². The second-order valence-corrected chi connectivity index (χ2v) is 9.71. The second kappa shape index (κ2) is 7.54. The van der Waals surface area contributed by atoms with E-state index in [2.05, 4.69) is 35.2 Å². The van der Waals surface area contributed by atoms with Crippen LogP contribution in [0.3, 0.4) is 0 Å². The maximum absolute atomic E-state index is 12.2. The molecule has 2 fully saturated rings. The Balaban J connectivity index is 1.51. The highest BCUT2D eigenvalue weighted by molar-refractivity contribution is 7.89. The molecule has 0 bridgehead atoms. The van der Waals surface area contributed by atoms with E-state index in [9.17, 15) is 8.42 Å². The molecule has 2 heterocycles. The zero-order chi connectivity index (χ0) is 17.0. The lowest BCUT2D eigenvalue weighted by molar-refractivity contribution is 0.0983. The number of sulfonamides is 1. The molecule has 0 unspecified atom stereocenters. The van der Waals surface area contributed by atoms with Gasteiger partial charge in [-0.1, -0.05) is 30.3 Å². The highest BCUT2D eigenvalue weighted by atomic mass is 32.2. The first-order valence-electron chi connectivity index (χ1n) is 9.27. The molecular weight excluding hydrogens is 320 g/mol. The molecule has 0 amide bonds. The molecule has 1 aromatic carbocycles. The van der Waals surface area contributed by atoms with Crippen LogP contribution < -0.4 is 0 Å². The Morgan fingerprint density at radius 2 is 1.88 bits per heavy atom. The Morgan fingerprint density at radius 3 is 2.62 bits per heavy atom. The predicted molar refractivity (Wildman–Crippen MR) is 98.5 cm³/mol. The number of nitrogens with zero attached hydrogens (tertiary/aromatic N) is 2. The molecule has 5 heteroatoms. The Morgan fingerprint density at radius 1 is 1.08 bits per heavy atom. The summed E-state index contributed by atoms with van der Waals surface area (Å²) in [6.07, 6.45) is 5.71. The maximum atomic E-state index is 12.2. The Hall–Kier alpha value is -0.910. The fourth-order valence-corrected chi connectivity index (χ4v) is 5.50. The van der Waals surface area contributed by atoms with Gasteiger partial charge in [-0.25, -0.2) is 12.7 Å². The lowest BCUT2D eigenvalue weighted by Gasteiger charge is -2.40. The monoisotopic (exact) mass is 350 g/mol. The van der Waals surface area contributed by atoms with E-state index in [0.29, 0.717) is 6.54 Å². The van der Waals surface area contributed by atoms with Gasteiger partial charge in [-0.2, -0.15) is 0 Å². The zero-order valence-corrected chi connectivity index (χ0v) is 15.6. The first-order valence-corrected chi connectivity index (χ1v) is 10.9. The van der Waals surface area contributed by atoms with Crippen molar-refractivity contribution in [1.82, 2.24) is 9.21 Å². The van der Waals surface area contributed by atoms with Crippen molar-refractivity contribution in [3.05, 3.63) is 35.9 Å². The van der Waals surface area contributed by atoms with E-state index in [1.165, 1.54) is 24.8 Å². The lowest BCUT2D eigenvalue weighted by atomic mass is 9.79. The van der Waals surface area contributed by atoms with Crippen LogP contribution in [0.15, 0.2) is 30.3 Å². The van der Waals surface area contributed by atoms with E-state index < -0.39 is 10.0 Å². The molecule has 1 aromatic rings. The minimum Gasteiger partial charge on any atom is -0.303 e. The van der Waals surface area contributed by atoms with Gasteiger partial charge in [-0.15, -0.1) is 0 Å². The van der Waals surface area contributed by atoms with Crippen LogP contribution in [0.25, 0.3) is 0 Å². The fourth-order valence-electron chi connectivity index (χ4n) is 4.30. The third-order valence-corrected chi connectivity index (χ3v) is 7.51. The number of hydrogen-bond acceptors (Lipinski definition) is 3. The van der Waals surface area contributed by atoms with Crippen molar-refractivity contribution in [2.45, 2.75) is 39.0 Å². The third-order valence-electron chi connectivity index (χ3n) is 5.68. The number of likely N-dealkylation sites (tertiary alicyclic amines) is 1. The molecule has 0 saturated carbocycles. The van der Waals surface area contributed by atoms with Gasteiger partial charge in [0.1, 0.15) is 0 Å². The molecule has 3 rings (SSSR count). The Labute approximate surface area is 146 Å². The summed E-state index contributed by atoms with van der Waals surface area (Å²) in [5, 5.41) is 0. The van der Waals surface area contributed by atoms with Crippen LogP contribution in [0.1, 0.15) is 38.2 Å². The van der Waals surface area contributed by atoms with E-state index in [0.717, 1.165) is 39.0 Å². The van der Waals surface area contributed by atoms with Crippen molar-refractivity contribution in [1.29, 1.82) is 0 Å². The summed E-state index contributed by atoms with van der Waals surface area (Å²) in [6, 6.07) is 10.7. The van der Waals surface area contributed by atoms with Crippen LogP contribution in [-0.4, -0.2) is 56.1 Å². The lowest BCUT2D eigenvalue weighted by Crippen LogP contribution is -2.45. The number of hydrogen-bond donors (Lipinski definition) is 0. The van der Waals surface area contributed by atoms with E-state index >= 15 is 0 Å². The van der Waals surface area contributed by atoms with Gasteiger partial charge in [-0.3, -0.25) is 0 Å². The van der Waals surface area contributed by atoms with Gasteiger partial charge in [0.05, 0.1) is 5.75 Å². The summed E-state index contributed by atoms with van der Waals surface area (Å²) in [4.78, 5) is 2.56. The van der Waals surface area contributed by atoms with E-state index in [1.807, 2.05) is 0 Å². The number of rotatable bonds is 6. The molecular formula is C19H30N2O2S. The highest BCUT2D eigenvalue weighted by Crippen LogP contribution is 2.40. The molecule has 0 radical (unpaired) electrons. The number of aryl methyl sites for hydroxylation is 1. The fraction of sp³-hybridized carbons (Fsp3) is 0.684. The van der Waals surface area contributed by atoms with Gasteiger partial charge in [-0.05, 0) is 63.1 Å². The predicted octanol–water partition coefficient (Wildman–Crippen LogP) is 2.76. The highest BCUT2D eigenvalue weighted by Gasteiger charge is 2.44. The minimum atomic E-state index is -3.03. The van der Waals surface area contributed by atoms with Crippen molar-refractivity contribution >= 4 is 10.0 Å². The van der Waals surface area contributed by atoms with Gasteiger partial charge in [0.15, 0.2) is 0 Å². The molecule has 0 aromatic heterocycles. The molecule has 1 spiro atoms. The number of piperidine rings is 1. The molecule has 0 aliphatic carbocycles. The Bertz CT molecular complexity index is 632. The molecule has 0 N–H and O–H groups in total. The van der Waals surface area contributed by atoms with E-state index in [1.54, 1.807) is 11.2 Å². The minimum absolute atomic E-state index is 0.202. The van der Waals surface area contributed by atoms with Crippen LogP contribution in [0, 0.1) is 5.41 Å². The molecule has 24 heavy (non-hydrogen) atoms. The first kappa shape index (κ1) is 17.9. The van der Waals surface area contributed by atoms with Crippen molar-refractivity contribution in [2.24, 2.45) is 5.41 Å². The summed E-state index contributed by atoms with van der Waals surface area (Å²) in [7, 11) is -3.03. The summed E-state index contributed by atoms with van der Waals surface area (Å²) >= 11 is 0. The normalized spacial score (nSPS) is 26.2. The molecule has 1 atom stereocenters. The van der Waals surface area contributed by atoms with Crippen LogP contribution in [0.5, 0.6) is 0 Å². The van der Waals surface area contributed by atoms with Crippen molar-refractivity contribution in [2.75, 3.05) is 38.5 Å². The van der Waals surface area contributed by atoms with Gasteiger partial charge in [0.2, 0.25) is 10.0 Å². The molecule has 4 nitrogen and oxygen atoms in total. The van der Waals surface area contributed by atoms with E-state index in [4.69, 9.17) is 0 Å². The van der Waals surface area contributed by atoms with Crippen molar-refractivity contribution in [3.8, 4) is 0 Å². The molecule has 2 saturated heterocycles. The summed E-state index contributed by atoms with van der Waals surface area (Å²) in [5.41, 5.74) is 1.61. The SMILES string of the molecule is CCS(=O)(=O)N1CC[C@@]2(CCCN(CCCc3ccccc3)C2)C1. The standard InChI is InChI=1S/C19H30N2O2S/c1-2-24(22,23)21-15-12-19(17-21)11-7-14-20(16-19)13-6-10-18-8-4-3-5-9-18/h3-5,8-9H,2,6-7,10-17H2,1H3/t19-/m1/s1. The van der Waals surface area contributed by atoms with E-state index in [-0.39, 0.29) is 11.2 Å². The maximum Gasteiger partial charge on any atom is 0.213 e. The van der Waals surface area contributed by atoms with Crippen LogP contribution >= 0.6 is 0 Å². The quantitative estimate of drug-likeness (QED) is 0.792. The number of benzene rings is 1. The largest absolute Gasteiger partial charge is 0.303 e. The van der Waals surface area contributed by atoms with Crippen molar-refractivity contribution < 1.29 is 8.42 Å². The first-order chi connectivity index (χ1) is 11.5. The van der Waals surface area contributed by atoms with Gasteiger partial charge >= 0.3 is 0 Å². The van der Waals surface area contributed by atoms with Crippen LogP contribution in [-0.2, 0) is 16.4 Å². The summed E-state index contributed by atoms with van der Waals surface area (Å²) < 4.78 is 26.0. The molecule has 134 valence electrons. The average molecular weight is 351 g/mol. The average Bonchev–Trinajstić information content (AvgIpc) is 3.00. The van der Waals surface area contributed by atoms with Gasteiger partial charge in [0, 0.05) is 19.6 Å². The topological polar surface area (TPSA) is 40.6 Å². The summed E-state index contributed by atoms with van der Waals surface area (Å²) in [5.74, 6) is 0.226. The molecule has 2 aliphatic heterocycles. The summed E-state index contributed by atoms with van der Waals surface area (Å²) in [6.45, 7) is 6.55. The van der Waals surface area contributed by atoms with Gasteiger partial charge < -0.3 is 4.90 Å². The van der Waals surface area contributed by atoms with Crippen molar-refractivity contribution in [3.63, 3.8) is 0 Å². The molecule has 2 aliphatic rings. The zero-order valence-electron chi connectivity index (χ0n) is 14.8.